The van der Waals surface area contributed by atoms with Gasteiger partial charge >= 0.3 is 0 Å². The standard InChI is InChI=1S/C19H21NO.ClH/c1-16(20-14-7-3-4-8-15-21-2)18-13-9-11-17-10-5-6-12-19(17)18;/h3,5-7,9-13,16,20H,14-15H2,1-2H3;1H/t16-;/m1./s1. The van der Waals surface area contributed by atoms with Gasteiger partial charge < -0.3 is 10.1 Å². The van der Waals surface area contributed by atoms with Crippen molar-refractivity contribution in [1.29, 1.82) is 0 Å². The van der Waals surface area contributed by atoms with Gasteiger partial charge in [-0.3, -0.25) is 0 Å². The van der Waals surface area contributed by atoms with Crippen molar-refractivity contribution in [3.63, 3.8) is 0 Å². The summed E-state index contributed by atoms with van der Waals surface area (Å²) in [6.07, 6.45) is 3.89. The first-order chi connectivity index (χ1) is 10.3. The van der Waals surface area contributed by atoms with Crippen LogP contribution in [0, 0.1) is 11.8 Å². The number of benzene rings is 2. The van der Waals surface area contributed by atoms with Crippen LogP contribution in [-0.4, -0.2) is 20.3 Å². The Labute approximate surface area is 139 Å². The van der Waals surface area contributed by atoms with E-state index >= 15 is 0 Å². The average Bonchev–Trinajstić information content (AvgIpc) is 2.53. The fourth-order valence-corrected chi connectivity index (χ4v) is 2.27. The van der Waals surface area contributed by atoms with E-state index in [1.165, 1.54) is 16.3 Å². The molecule has 2 rings (SSSR count). The molecular weight excluding hydrogens is 294 g/mol. The topological polar surface area (TPSA) is 21.3 Å². The van der Waals surface area contributed by atoms with Crippen LogP contribution in [0.3, 0.4) is 0 Å². The van der Waals surface area contributed by atoms with E-state index in [0.717, 1.165) is 6.54 Å². The van der Waals surface area contributed by atoms with Crippen LogP contribution in [0.15, 0.2) is 54.6 Å². The summed E-state index contributed by atoms with van der Waals surface area (Å²) < 4.78 is 4.86. The zero-order valence-electron chi connectivity index (χ0n) is 13.0. The van der Waals surface area contributed by atoms with Crippen molar-refractivity contribution in [2.75, 3.05) is 20.3 Å². The highest BCUT2D eigenvalue weighted by molar-refractivity contribution is 5.86. The van der Waals surface area contributed by atoms with Crippen LogP contribution < -0.4 is 5.32 Å². The number of hydrogen-bond donors (Lipinski definition) is 1. The Morgan fingerprint density at radius 2 is 1.95 bits per heavy atom. The molecule has 0 spiro atoms. The van der Waals surface area contributed by atoms with Gasteiger partial charge in [0.05, 0.1) is 0 Å². The van der Waals surface area contributed by atoms with E-state index in [2.05, 4.69) is 66.5 Å². The molecule has 1 N–H and O–H groups in total. The summed E-state index contributed by atoms with van der Waals surface area (Å²) in [5.74, 6) is 5.83. The van der Waals surface area contributed by atoms with E-state index in [1.807, 2.05) is 12.2 Å². The molecule has 0 saturated carbocycles. The molecule has 0 aliphatic carbocycles. The predicted molar refractivity (Wildman–Crippen MR) is 96.4 cm³/mol. The number of allylic oxidation sites excluding steroid dienone is 1. The van der Waals surface area contributed by atoms with Gasteiger partial charge in [-0.15, -0.1) is 12.4 Å². The minimum Gasteiger partial charge on any atom is -0.372 e. The van der Waals surface area contributed by atoms with Gasteiger partial charge in [-0.1, -0.05) is 60.4 Å². The van der Waals surface area contributed by atoms with E-state index in [4.69, 9.17) is 4.74 Å². The van der Waals surface area contributed by atoms with Gasteiger partial charge in [0.2, 0.25) is 0 Å². The second-order valence-electron chi connectivity index (χ2n) is 4.85. The number of nitrogens with one attached hydrogen (secondary N) is 1. The van der Waals surface area contributed by atoms with Gasteiger partial charge in [0.1, 0.15) is 6.61 Å². The SMILES string of the molecule is COCC#CC=CCN[C@H](C)c1cccc2ccccc12.Cl. The number of rotatable bonds is 5. The maximum Gasteiger partial charge on any atom is 0.107 e. The van der Waals surface area contributed by atoms with Crippen LogP contribution in [-0.2, 0) is 4.74 Å². The highest BCUT2D eigenvalue weighted by atomic mass is 35.5. The van der Waals surface area contributed by atoms with Crippen molar-refractivity contribution in [2.24, 2.45) is 0 Å². The minimum absolute atomic E-state index is 0. The first-order valence-corrected chi connectivity index (χ1v) is 7.16. The maximum absolute atomic E-state index is 4.86. The summed E-state index contributed by atoms with van der Waals surface area (Å²) in [5.41, 5.74) is 1.33. The molecule has 2 aromatic rings. The Bertz CT molecular complexity index is 664. The highest BCUT2D eigenvalue weighted by Gasteiger charge is 2.07. The van der Waals surface area contributed by atoms with Crippen LogP contribution in [0.2, 0.25) is 0 Å². The van der Waals surface area contributed by atoms with Crippen molar-refractivity contribution in [3.05, 3.63) is 60.2 Å². The van der Waals surface area contributed by atoms with Crippen molar-refractivity contribution in [3.8, 4) is 11.8 Å². The molecule has 0 amide bonds. The average molecular weight is 316 g/mol. The molecule has 0 aliphatic rings. The molecule has 0 bridgehead atoms. The molecule has 0 unspecified atom stereocenters. The second kappa shape index (κ2) is 10.0. The summed E-state index contributed by atoms with van der Waals surface area (Å²) in [6.45, 7) is 3.46. The molecule has 0 saturated heterocycles. The lowest BCUT2D eigenvalue weighted by Gasteiger charge is -2.15. The number of halogens is 1. The monoisotopic (exact) mass is 315 g/mol. The molecule has 116 valence electrons. The first-order valence-electron chi connectivity index (χ1n) is 7.16. The third kappa shape index (κ3) is 5.20. The molecule has 2 nitrogen and oxygen atoms in total. The van der Waals surface area contributed by atoms with Crippen LogP contribution in [0.5, 0.6) is 0 Å². The summed E-state index contributed by atoms with van der Waals surface area (Å²) >= 11 is 0. The lowest BCUT2D eigenvalue weighted by atomic mass is 10.00. The Balaban J connectivity index is 0.00000242. The summed E-state index contributed by atoms with van der Waals surface area (Å²) in [4.78, 5) is 0. The number of ether oxygens (including phenoxy) is 1. The van der Waals surface area contributed by atoms with Gasteiger partial charge in [0, 0.05) is 19.7 Å². The van der Waals surface area contributed by atoms with E-state index in [1.54, 1.807) is 7.11 Å². The smallest absolute Gasteiger partial charge is 0.107 e. The molecule has 0 fully saturated rings. The molecule has 3 heteroatoms. The van der Waals surface area contributed by atoms with Crippen molar-refractivity contribution in [1.82, 2.24) is 5.32 Å². The molecule has 0 radical (unpaired) electrons. The van der Waals surface area contributed by atoms with Gasteiger partial charge in [0.25, 0.3) is 0 Å². The lowest BCUT2D eigenvalue weighted by Crippen LogP contribution is -2.18. The van der Waals surface area contributed by atoms with Crippen LogP contribution in [0.1, 0.15) is 18.5 Å². The van der Waals surface area contributed by atoms with Crippen LogP contribution in [0.25, 0.3) is 10.8 Å². The number of fused-ring (bicyclic) bond motifs is 1. The molecule has 0 aliphatic heterocycles. The fourth-order valence-electron chi connectivity index (χ4n) is 2.27. The molecular formula is C19H22ClNO. The highest BCUT2D eigenvalue weighted by Crippen LogP contribution is 2.23. The van der Waals surface area contributed by atoms with Crippen molar-refractivity contribution < 1.29 is 4.74 Å². The van der Waals surface area contributed by atoms with E-state index < -0.39 is 0 Å². The van der Waals surface area contributed by atoms with Gasteiger partial charge in [-0.25, -0.2) is 0 Å². The molecule has 2 aromatic carbocycles. The van der Waals surface area contributed by atoms with E-state index in [0.29, 0.717) is 12.6 Å². The van der Waals surface area contributed by atoms with Crippen LogP contribution in [0.4, 0.5) is 0 Å². The lowest BCUT2D eigenvalue weighted by molar-refractivity contribution is 0.240. The Hall–Kier alpha value is -1.79. The molecule has 0 aromatic heterocycles. The third-order valence-corrected chi connectivity index (χ3v) is 3.35. The third-order valence-electron chi connectivity index (χ3n) is 3.35. The maximum atomic E-state index is 4.86. The first kappa shape index (κ1) is 18.3. The Kier molecular flexibility index (Phi) is 8.32. The predicted octanol–water partition coefficient (Wildman–Crippen LogP) is 4.12. The summed E-state index contributed by atoms with van der Waals surface area (Å²) in [6, 6.07) is 15.2. The largest absolute Gasteiger partial charge is 0.372 e. The number of methoxy groups -OCH3 is 1. The quantitative estimate of drug-likeness (QED) is 0.838. The molecule has 22 heavy (non-hydrogen) atoms. The fraction of sp³-hybridized carbons (Fsp3) is 0.263. The zero-order chi connectivity index (χ0) is 14.9. The van der Waals surface area contributed by atoms with Crippen molar-refractivity contribution in [2.45, 2.75) is 13.0 Å². The van der Waals surface area contributed by atoms with E-state index in [9.17, 15) is 0 Å². The van der Waals surface area contributed by atoms with Gasteiger partial charge in [-0.2, -0.15) is 0 Å². The number of hydrogen-bond acceptors (Lipinski definition) is 2. The summed E-state index contributed by atoms with van der Waals surface area (Å²) in [5, 5.41) is 6.09. The molecule has 0 heterocycles. The van der Waals surface area contributed by atoms with Gasteiger partial charge in [-0.05, 0) is 29.3 Å². The van der Waals surface area contributed by atoms with Crippen LogP contribution >= 0.6 is 12.4 Å². The van der Waals surface area contributed by atoms with E-state index in [-0.39, 0.29) is 12.4 Å². The normalized spacial score (nSPS) is 11.7. The zero-order valence-corrected chi connectivity index (χ0v) is 13.8. The minimum atomic E-state index is 0. The Morgan fingerprint density at radius 3 is 2.77 bits per heavy atom. The Morgan fingerprint density at radius 1 is 1.18 bits per heavy atom. The van der Waals surface area contributed by atoms with Crippen molar-refractivity contribution >= 4 is 23.2 Å². The second-order valence-corrected chi connectivity index (χ2v) is 4.85. The molecule has 1 atom stereocenters. The summed E-state index contributed by atoms with van der Waals surface area (Å²) in [7, 11) is 1.64. The van der Waals surface area contributed by atoms with Gasteiger partial charge in [0.15, 0.2) is 0 Å².